The zero-order chi connectivity index (χ0) is 12.3. The zero-order valence-corrected chi connectivity index (χ0v) is 11.4. The van der Waals surface area contributed by atoms with Crippen LogP contribution in [0.5, 0.6) is 0 Å². The molecule has 1 N–H and O–H groups in total. The summed E-state index contributed by atoms with van der Waals surface area (Å²) < 4.78 is 6.27. The fourth-order valence-electron chi connectivity index (χ4n) is 1.99. The molecule has 1 aromatic rings. The highest BCUT2D eigenvalue weighted by atomic mass is 79.9. The van der Waals surface area contributed by atoms with Crippen molar-refractivity contribution in [3.63, 3.8) is 0 Å². The van der Waals surface area contributed by atoms with Crippen LogP contribution in [0.4, 0.5) is 0 Å². The molecule has 0 unspecified atom stereocenters. The van der Waals surface area contributed by atoms with Crippen LogP contribution in [-0.2, 0) is 4.74 Å². The van der Waals surface area contributed by atoms with Gasteiger partial charge in [-0.3, -0.25) is 4.79 Å². The van der Waals surface area contributed by atoms with E-state index in [1.54, 1.807) is 0 Å². The molecule has 3 nitrogen and oxygen atoms in total. The molecule has 4 heteroatoms. The van der Waals surface area contributed by atoms with Crippen molar-refractivity contribution in [2.24, 2.45) is 0 Å². The minimum absolute atomic E-state index is 0.0156. The molecule has 17 heavy (non-hydrogen) atoms. The average Bonchev–Trinajstić information content (AvgIpc) is 2.30. The van der Waals surface area contributed by atoms with Crippen molar-refractivity contribution in [1.82, 2.24) is 5.32 Å². The van der Waals surface area contributed by atoms with Crippen LogP contribution in [0, 0.1) is 6.92 Å². The van der Waals surface area contributed by atoms with Crippen molar-refractivity contribution in [1.29, 1.82) is 0 Å². The summed E-state index contributed by atoms with van der Waals surface area (Å²) in [6, 6.07) is 5.96. The Kier molecular flexibility index (Phi) is 4.18. The Morgan fingerprint density at radius 2 is 2.12 bits per heavy atom. The summed E-state index contributed by atoms with van der Waals surface area (Å²) >= 11 is 3.40. The zero-order valence-electron chi connectivity index (χ0n) is 9.83. The number of carbonyl (C=O) groups excluding carboxylic acids is 1. The molecule has 92 valence electrons. The number of nitrogens with one attached hydrogen (secondary N) is 1. The van der Waals surface area contributed by atoms with Crippen LogP contribution < -0.4 is 5.32 Å². The largest absolute Gasteiger partial charge is 0.381 e. The van der Waals surface area contributed by atoms with Crippen LogP contribution in [0.3, 0.4) is 0 Å². The molecule has 1 heterocycles. The van der Waals surface area contributed by atoms with Crippen LogP contribution in [0.1, 0.15) is 28.8 Å². The van der Waals surface area contributed by atoms with Gasteiger partial charge in [0.05, 0.1) is 0 Å². The minimum Gasteiger partial charge on any atom is -0.381 e. The molecular weight excluding hydrogens is 282 g/mol. The lowest BCUT2D eigenvalue weighted by atomic mass is 10.1. The van der Waals surface area contributed by atoms with Gasteiger partial charge in [0.1, 0.15) is 0 Å². The van der Waals surface area contributed by atoms with Gasteiger partial charge in [0.15, 0.2) is 0 Å². The molecule has 0 spiro atoms. The van der Waals surface area contributed by atoms with Crippen molar-refractivity contribution < 1.29 is 9.53 Å². The first-order valence-electron chi connectivity index (χ1n) is 5.81. The van der Waals surface area contributed by atoms with E-state index >= 15 is 0 Å². The van der Waals surface area contributed by atoms with Crippen molar-refractivity contribution in [3.8, 4) is 0 Å². The van der Waals surface area contributed by atoms with Gasteiger partial charge < -0.3 is 10.1 Å². The fourth-order valence-corrected chi connectivity index (χ4v) is 2.46. The Morgan fingerprint density at radius 1 is 1.41 bits per heavy atom. The number of halogens is 1. The predicted molar refractivity (Wildman–Crippen MR) is 70.2 cm³/mol. The lowest BCUT2D eigenvalue weighted by molar-refractivity contribution is 0.0696. The number of hydrogen-bond donors (Lipinski definition) is 1. The molecule has 1 aliphatic heterocycles. The summed E-state index contributed by atoms with van der Waals surface area (Å²) in [4.78, 5) is 12.1. The van der Waals surface area contributed by atoms with E-state index in [4.69, 9.17) is 4.74 Å². The SMILES string of the molecule is Cc1cc(Br)ccc1C(=O)NC1CCOCC1. The summed E-state index contributed by atoms with van der Waals surface area (Å²) in [7, 11) is 0. The molecule has 2 rings (SSSR count). The first kappa shape index (κ1) is 12.6. The lowest BCUT2D eigenvalue weighted by Crippen LogP contribution is -2.39. The van der Waals surface area contributed by atoms with Crippen LogP contribution >= 0.6 is 15.9 Å². The number of hydrogen-bond acceptors (Lipinski definition) is 2. The average molecular weight is 298 g/mol. The first-order chi connectivity index (χ1) is 8.16. The van der Waals surface area contributed by atoms with Gasteiger partial charge in [-0.25, -0.2) is 0 Å². The van der Waals surface area contributed by atoms with E-state index in [9.17, 15) is 4.79 Å². The first-order valence-corrected chi connectivity index (χ1v) is 6.61. The smallest absolute Gasteiger partial charge is 0.251 e. The van der Waals surface area contributed by atoms with Crippen LogP contribution in [0.25, 0.3) is 0 Å². The maximum atomic E-state index is 12.1. The standard InChI is InChI=1S/C13H16BrNO2/c1-9-8-10(14)2-3-12(9)13(16)15-11-4-6-17-7-5-11/h2-3,8,11H,4-7H2,1H3,(H,15,16). The summed E-state index contributed by atoms with van der Waals surface area (Å²) in [5.41, 5.74) is 1.74. The van der Waals surface area contributed by atoms with Gasteiger partial charge in [0, 0.05) is 29.3 Å². The summed E-state index contributed by atoms with van der Waals surface area (Å²) in [5, 5.41) is 3.06. The van der Waals surface area contributed by atoms with E-state index in [2.05, 4.69) is 21.2 Å². The Bertz CT molecular complexity index is 414. The molecule has 0 atom stereocenters. The topological polar surface area (TPSA) is 38.3 Å². The highest BCUT2D eigenvalue weighted by molar-refractivity contribution is 9.10. The fraction of sp³-hybridized carbons (Fsp3) is 0.462. The Labute approximate surface area is 110 Å². The van der Waals surface area contributed by atoms with Gasteiger partial charge >= 0.3 is 0 Å². The molecule has 1 aromatic carbocycles. The molecule has 1 fully saturated rings. The van der Waals surface area contributed by atoms with Gasteiger partial charge in [0.25, 0.3) is 5.91 Å². The van der Waals surface area contributed by atoms with E-state index in [-0.39, 0.29) is 11.9 Å². The Balaban J connectivity index is 2.03. The predicted octanol–water partition coefficient (Wildman–Crippen LogP) is 2.67. The molecular formula is C13H16BrNO2. The molecule has 0 aliphatic carbocycles. The van der Waals surface area contributed by atoms with Crippen LogP contribution in [0.15, 0.2) is 22.7 Å². The number of aryl methyl sites for hydroxylation is 1. The lowest BCUT2D eigenvalue weighted by Gasteiger charge is -2.23. The number of amides is 1. The van der Waals surface area contributed by atoms with Crippen LogP contribution in [-0.4, -0.2) is 25.2 Å². The van der Waals surface area contributed by atoms with E-state index in [0.717, 1.165) is 41.7 Å². The van der Waals surface area contributed by atoms with E-state index in [1.165, 1.54) is 0 Å². The number of ether oxygens (including phenoxy) is 1. The van der Waals surface area contributed by atoms with Crippen molar-refractivity contribution in [2.75, 3.05) is 13.2 Å². The van der Waals surface area contributed by atoms with Gasteiger partial charge in [-0.05, 0) is 43.5 Å². The normalized spacial score (nSPS) is 16.8. The second-order valence-corrected chi connectivity index (χ2v) is 5.24. The highest BCUT2D eigenvalue weighted by Gasteiger charge is 2.17. The summed E-state index contributed by atoms with van der Waals surface area (Å²) in [6.45, 7) is 3.43. The maximum absolute atomic E-state index is 12.1. The van der Waals surface area contributed by atoms with E-state index in [1.807, 2.05) is 25.1 Å². The number of carbonyl (C=O) groups is 1. The molecule has 0 aromatic heterocycles. The molecule has 1 aliphatic rings. The molecule has 0 saturated carbocycles. The third kappa shape index (κ3) is 3.30. The second kappa shape index (κ2) is 5.65. The summed E-state index contributed by atoms with van der Waals surface area (Å²) in [6.07, 6.45) is 1.81. The highest BCUT2D eigenvalue weighted by Crippen LogP contribution is 2.16. The second-order valence-electron chi connectivity index (χ2n) is 4.32. The third-order valence-corrected chi connectivity index (χ3v) is 3.48. The monoisotopic (exact) mass is 297 g/mol. The van der Waals surface area contributed by atoms with E-state index < -0.39 is 0 Å². The Morgan fingerprint density at radius 3 is 2.76 bits per heavy atom. The number of rotatable bonds is 2. The molecule has 0 radical (unpaired) electrons. The van der Waals surface area contributed by atoms with Crippen molar-refractivity contribution >= 4 is 21.8 Å². The van der Waals surface area contributed by atoms with Crippen molar-refractivity contribution in [3.05, 3.63) is 33.8 Å². The number of benzene rings is 1. The van der Waals surface area contributed by atoms with Crippen molar-refractivity contribution in [2.45, 2.75) is 25.8 Å². The Hall–Kier alpha value is -0.870. The molecule has 1 amide bonds. The van der Waals surface area contributed by atoms with Gasteiger partial charge in [-0.2, -0.15) is 0 Å². The minimum atomic E-state index is 0.0156. The third-order valence-electron chi connectivity index (χ3n) is 2.99. The summed E-state index contributed by atoms with van der Waals surface area (Å²) in [5.74, 6) is 0.0156. The van der Waals surface area contributed by atoms with Gasteiger partial charge in [-0.15, -0.1) is 0 Å². The maximum Gasteiger partial charge on any atom is 0.251 e. The van der Waals surface area contributed by atoms with Gasteiger partial charge in [-0.1, -0.05) is 15.9 Å². The molecule has 1 saturated heterocycles. The quantitative estimate of drug-likeness (QED) is 0.911. The van der Waals surface area contributed by atoms with Crippen LogP contribution in [0.2, 0.25) is 0 Å². The van der Waals surface area contributed by atoms with E-state index in [0.29, 0.717) is 0 Å². The van der Waals surface area contributed by atoms with Gasteiger partial charge in [0.2, 0.25) is 0 Å². The molecule has 0 bridgehead atoms.